The van der Waals surface area contributed by atoms with Gasteiger partial charge in [0.2, 0.25) is 5.91 Å². The average molecular weight is 267 g/mol. The Hall–Kier alpha value is -2.49. The van der Waals surface area contributed by atoms with Crippen LogP contribution in [0.25, 0.3) is 0 Å². The number of rotatable bonds is 2. The van der Waals surface area contributed by atoms with Crippen LogP contribution >= 0.6 is 0 Å². The van der Waals surface area contributed by atoms with Gasteiger partial charge in [-0.2, -0.15) is 0 Å². The molecule has 3 rings (SSSR count). The highest BCUT2D eigenvalue weighted by molar-refractivity contribution is 6.04. The topological polar surface area (TPSA) is 35.6 Å². The van der Waals surface area contributed by atoms with E-state index in [1.165, 1.54) is 0 Å². The molecule has 1 aliphatic rings. The summed E-state index contributed by atoms with van der Waals surface area (Å²) in [6.45, 7) is 0.367. The second-order valence-electron chi connectivity index (χ2n) is 4.82. The number of hydrogen-bond donors (Lipinski definition) is 1. The van der Waals surface area contributed by atoms with Gasteiger partial charge in [-0.15, -0.1) is 0 Å². The SMILES string of the molecule is CNc1ccc(N2CC(=O)N(C)c3ccccc32)cc1. The number of para-hydroxylation sites is 2. The number of likely N-dealkylation sites (N-methyl/N-ethyl adjacent to an activating group) is 1. The van der Waals surface area contributed by atoms with Crippen molar-refractivity contribution < 1.29 is 4.79 Å². The van der Waals surface area contributed by atoms with E-state index in [2.05, 4.69) is 10.2 Å². The number of carbonyl (C=O) groups is 1. The lowest BCUT2D eigenvalue weighted by Crippen LogP contribution is -2.41. The molecule has 4 heteroatoms. The van der Waals surface area contributed by atoms with Crippen molar-refractivity contribution in [3.05, 3.63) is 48.5 Å². The molecule has 2 aromatic rings. The molecule has 20 heavy (non-hydrogen) atoms. The van der Waals surface area contributed by atoms with Gasteiger partial charge in [0.15, 0.2) is 0 Å². The molecule has 1 aliphatic heterocycles. The van der Waals surface area contributed by atoms with Crippen molar-refractivity contribution in [1.29, 1.82) is 0 Å². The van der Waals surface area contributed by atoms with E-state index in [9.17, 15) is 4.79 Å². The molecule has 0 saturated carbocycles. The predicted molar refractivity (Wildman–Crippen MR) is 82.8 cm³/mol. The van der Waals surface area contributed by atoms with Crippen molar-refractivity contribution in [2.75, 3.05) is 35.8 Å². The van der Waals surface area contributed by atoms with Crippen LogP contribution in [0.4, 0.5) is 22.7 Å². The zero-order chi connectivity index (χ0) is 14.1. The summed E-state index contributed by atoms with van der Waals surface area (Å²) in [5.74, 6) is 0.0985. The number of nitrogens with zero attached hydrogens (tertiary/aromatic N) is 2. The molecule has 0 fully saturated rings. The first-order valence-corrected chi connectivity index (χ1v) is 6.61. The van der Waals surface area contributed by atoms with Crippen LogP contribution in [0.15, 0.2) is 48.5 Å². The Labute approximate surface area is 118 Å². The van der Waals surface area contributed by atoms with E-state index >= 15 is 0 Å². The second kappa shape index (κ2) is 4.89. The number of fused-ring (bicyclic) bond motifs is 1. The third-order valence-electron chi connectivity index (χ3n) is 3.67. The van der Waals surface area contributed by atoms with Crippen LogP contribution in [-0.2, 0) is 4.79 Å². The van der Waals surface area contributed by atoms with Gasteiger partial charge in [0, 0.05) is 25.5 Å². The molecule has 0 aromatic heterocycles. The minimum Gasteiger partial charge on any atom is -0.388 e. The molecule has 4 nitrogen and oxygen atoms in total. The lowest BCUT2D eigenvalue weighted by Gasteiger charge is -2.35. The second-order valence-corrected chi connectivity index (χ2v) is 4.82. The smallest absolute Gasteiger partial charge is 0.246 e. The van der Waals surface area contributed by atoms with Crippen LogP contribution < -0.4 is 15.1 Å². The molecule has 0 spiro atoms. The predicted octanol–water partition coefficient (Wildman–Crippen LogP) is 2.84. The molecular weight excluding hydrogens is 250 g/mol. The number of benzene rings is 2. The summed E-state index contributed by atoms with van der Waals surface area (Å²) in [6.07, 6.45) is 0. The minimum atomic E-state index is 0.0985. The molecule has 1 N–H and O–H groups in total. The lowest BCUT2D eigenvalue weighted by atomic mass is 10.1. The third kappa shape index (κ3) is 1.99. The number of hydrogen-bond acceptors (Lipinski definition) is 3. The summed E-state index contributed by atoms with van der Waals surface area (Å²) >= 11 is 0. The van der Waals surface area contributed by atoms with Crippen LogP contribution in [0.2, 0.25) is 0 Å². The lowest BCUT2D eigenvalue weighted by molar-refractivity contribution is -0.117. The van der Waals surface area contributed by atoms with Crippen LogP contribution in [0, 0.1) is 0 Å². The van der Waals surface area contributed by atoms with Crippen LogP contribution in [0.3, 0.4) is 0 Å². The molecule has 1 amide bonds. The van der Waals surface area contributed by atoms with Crippen molar-refractivity contribution >= 4 is 28.7 Å². The number of amides is 1. The van der Waals surface area contributed by atoms with E-state index in [-0.39, 0.29) is 5.91 Å². The maximum Gasteiger partial charge on any atom is 0.246 e. The third-order valence-corrected chi connectivity index (χ3v) is 3.67. The summed E-state index contributed by atoms with van der Waals surface area (Å²) in [7, 11) is 3.71. The Morgan fingerprint density at radius 2 is 1.65 bits per heavy atom. The van der Waals surface area contributed by atoms with Crippen molar-refractivity contribution in [2.45, 2.75) is 0 Å². The number of anilines is 4. The van der Waals surface area contributed by atoms with Crippen LogP contribution in [0.5, 0.6) is 0 Å². The van der Waals surface area contributed by atoms with Crippen molar-refractivity contribution in [1.82, 2.24) is 0 Å². The Morgan fingerprint density at radius 3 is 2.30 bits per heavy atom. The zero-order valence-electron chi connectivity index (χ0n) is 11.6. The fourth-order valence-corrected chi connectivity index (χ4v) is 2.48. The highest BCUT2D eigenvalue weighted by atomic mass is 16.2. The summed E-state index contributed by atoms with van der Waals surface area (Å²) in [5, 5.41) is 3.10. The van der Waals surface area contributed by atoms with Gasteiger partial charge in [0.1, 0.15) is 6.54 Å². The first-order chi connectivity index (χ1) is 9.70. The molecule has 2 aromatic carbocycles. The Balaban J connectivity index is 2.05. The Morgan fingerprint density at radius 1 is 1.00 bits per heavy atom. The molecule has 0 aliphatic carbocycles. The monoisotopic (exact) mass is 267 g/mol. The summed E-state index contributed by atoms with van der Waals surface area (Å²) in [6, 6.07) is 16.1. The first kappa shape index (κ1) is 12.5. The summed E-state index contributed by atoms with van der Waals surface area (Å²) in [4.78, 5) is 15.9. The van der Waals surface area contributed by atoms with Crippen LogP contribution in [-0.4, -0.2) is 26.5 Å². The van der Waals surface area contributed by atoms with E-state index in [0.717, 1.165) is 22.7 Å². The van der Waals surface area contributed by atoms with Gasteiger partial charge in [-0.05, 0) is 36.4 Å². The van der Waals surface area contributed by atoms with Crippen LogP contribution in [0.1, 0.15) is 0 Å². The molecule has 1 heterocycles. The molecule has 102 valence electrons. The maximum absolute atomic E-state index is 12.1. The van der Waals surface area contributed by atoms with E-state index in [0.29, 0.717) is 6.54 Å². The Bertz CT molecular complexity index is 636. The molecule has 0 unspecified atom stereocenters. The average Bonchev–Trinajstić information content (AvgIpc) is 2.51. The summed E-state index contributed by atoms with van der Waals surface area (Å²) < 4.78 is 0. The minimum absolute atomic E-state index is 0.0985. The van der Waals surface area contributed by atoms with Gasteiger partial charge >= 0.3 is 0 Å². The molecule has 0 atom stereocenters. The Kier molecular flexibility index (Phi) is 3.06. The van der Waals surface area contributed by atoms with Crippen molar-refractivity contribution in [2.24, 2.45) is 0 Å². The van der Waals surface area contributed by atoms with Crippen molar-refractivity contribution in [3.8, 4) is 0 Å². The van der Waals surface area contributed by atoms with E-state index in [4.69, 9.17) is 0 Å². The van der Waals surface area contributed by atoms with Gasteiger partial charge in [-0.25, -0.2) is 0 Å². The van der Waals surface area contributed by atoms with Crippen molar-refractivity contribution in [3.63, 3.8) is 0 Å². The van der Waals surface area contributed by atoms with Gasteiger partial charge in [-0.1, -0.05) is 12.1 Å². The van der Waals surface area contributed by atoms with Gasteiger partial charge in [0.05, 0.1) is 11.4 Å². The number of nitrogens with one attached hydrogen (secondary N) is 1. The highest BCUT2D eigenvalue weighted by Crippen LogP contribution is 2.37. The standard InChI is InChI=1S/C16H17N3O/c1-17-12-7-9-13(10-8-12)19-11-16(20)18(2)14-5-3-4-6-15(14)19/h3-10,17H,11H2,1-2H3. The fourth-order valence-electron chi connectivity index (χ4n) is 2.48. The van der Waals surface area contributed by atoms with E-state index in [1.54, 1.807) is 4.90 Å². The van der Waals surface area contributed by atoms with E-state index in [1.807, 2.05) is 62.6 Å². The fraction of sp³-hybridized carbons (Fsp3) is 0.188. The van der Waals surface area contributed by atoms with Gasteiger partial charge in [0.25, 0.3) is 0 Å². The first-order valence-electron chi connectivity index (χ1n) is 6.61. The molecule has 0 saturated heterocycles. The molecule has 0 bridgehead atoms. The largest absolute Gasteiger partial charge is 0.388 e. The molecule has 0 radical (unpaired) electrons. The number of carbonyl (C=O) groups excluding carboxylic acids is 1. The van der Waals surface area contributed by atoms with Gasteiger partial charge in [-0.3, -0.25) is 4.79 Å². The summed E-state index contributed by atoms with van der Waals surface area (Å²) in [5.41, 5.74) is 4.09. The molecular formula is C16H17N3O. The maximum atomic E-state index is 12.1. The quantitative estimate of drug-likeness (QED) is 0.908. The van der Waals surface area contributed by atoms with E-state index < -0.39 is 0 Å². The zero-order valence-corrected chi connectivity index (χ0v) is 11.6. The normalized spacial score (nSPS) is 14.2. The van der Waals surface area contributed by atoms with Gasteiger partial charge < -0.3 is 15.1 Å². The highest BCUT2D eigenvalue weighted by Gasteiger charge is 2.27.